The quantitative estimate of drug-likeness (QED) is 0.468. The summed E-state index contributed by atoms with van der Waals surface area (Å²) in [6.45, 7) is 3.01. The van der Waals surface area contributed by atoms with Crippen LogP contribution in [0, 0.1) is 0 Å². The predicted octanol–water partition coefficient (Wildman–Crippen LogP) is 3.20. The van der Waals surface area contributed by atoms with Crippen molar-refractivity contribution in [3.63, 3.8) is 0 Å². The van der Waals surface area contributed by atoms with E-state index in [0.29, 0.717) is 18.5 Å². The fourth-order valence-electron chi connectivity index (χ4n) is 3.01. The summed E-state index contributed by atoms with van der Waals surface area (Å²) in [5, 5.41) is 0. The van der Waals surface area contributed by atoms with Crippen LogP contribution in [0.15, 0.2) is 29.3 Å². The smallest absolute Gasteiger partial charge is 0.191 e. The summed E-state index contributed by atoms with van der Waals surface area (Å²) in [5.41, 5.74) is 8.72. The maximum absolute atomic E-state index is 6.10. The number of halogens is 1. The molecule has 0 unspecified atom stereocenters. The summed E-state index contributed by atoms with van der Waals surface area (Å²) in [5.74, 6) is 0.672. The molecule has 1 saturated carbocycles. The normalized spacial score (nSPS) is 18.8. The highest BCUT2D eigenvalue weighted by Crippen LogP contribution is 2.26. The minimum atomic E-state index is 0. The topological polar surface area (TPSA) is 44.9 Å². The molecule has 1 saturated heterocycles. The largest absolute Gasteiger partial charge is 0.371 e. The Morgan fingerprint density at radius 1 is 1.23 bits per heavy atom. The first-order chi connectivity index (χ1) is 10.3. The minimum absolute atomic E-state index is 0. The van der Waals surface area contributed by atoms with Crippen molar-refractivity contribution in [2.45, 2.75) is 44.7 Å². The van der Waals surface area contributed by atoms with Crippen LogP contribution in [-0.2, 0) is 6.54 Å². The van der Waals surface area contributed by atoms with Gasteiger partial charge in [0.1, 0.15) is 0 Å². The lowest BCUT2D eigenvalue weighted by Crippen LogP contribution is -2.35. The van der Waals surface area contributed by atoms with Gasteiger partial charge < -0.3 is 15.5 Å². The molecule has 4 nitrogen and oxygen atoms in total. The van der Waals surface area contributed by atoms with Gasteiger partial charge in [0.2, 0.25) is 0 Å². The van der Waals surface area contributed by atoms with Gasteiger partial charge in [-0.25, -0.2) is 4.99 Å². The Labute approximate surface area is 150 Å². The zero-order valence-electron chi connectivity index (χ0n) is 13.4. The van der Waals surface area contributed by atoms with Crippen LogP contribution >= 0.6 is 24.0 Å². The van der Waals surface area contributed by atoms with E-state index in [4.69, 9.17) is 5.73 Å². The van der Waals surface area contributed by atoms with E-state index < -0.39 is 0 Å². The number of piperidine rings is 1. The predicted molar refractivity (Wildman–Crippen MR) is 104 cm³/mol. The van der Waals surface area contributed by atoms with Crippen LogP contribution in [-0.4, -0.2) is 37.0 Å². The number of guanidine groups is 1. The van der Waals surface area contributed by atoms with Gasteiger partial charge in [0, 0.05) is 31.9 Å². The fourth-order valence-corrected chi connectivity index (χ4v) is 3.01. The second-order valence-corrected chi connectivity index (χ2v) is 6.19. The Morgan fingerprint density at radius 2 is 1.91 bits per heavy atom. The van der Waals surface area contributed by atoms with Crippen LogP contribution < -0.4 is 10.6 Å². The number of hydrogen-bond donors (Lipinski definition) is 1. The van der Waals surface area contributed by atoms with Crippen molar-refractivity contribution in [2.24, 2.45) is 10.7 Å². The first-order valence-corrected chi connectivity index (χ1v) is 8.11. The number of anilines is 1. The Bertz CT molecular complexity index is 507. The van der Waals surface area contributed by atoms with Crippen LogP contribution in [0.25, 0.3) is 0 Å². The highest BCUT2D eigenvalue weighted by atomic mass is 127. The molecule has 5 heteroatoms. The van der Waals surface area contributed by atoms with Crippen molar-refractivity contribution in [1.29, 1.82) is 0 Å². The van der Waals surface area contributed by atoms with Crippen molar-refractivity contribution < 1.29 is 0 Å². The van der Waals surface area contributed by atoms with Gasteiger partial charge in [-0.05, 0) is 43.7 Å². The van der Waals surface area contributed by atoms with E-state index >= 15 is 0 Å². The van der Waals surface area contributed by atoms with Gasteiger partial charge >= 0.3 is 0 Å². The van der Waals surface area contributed by atoms with Crippen LogP contribution in [0.3, 0.4) is 0 Å². The van der Waals surface area contributed by atoms with Crippen molar-refractivity contribution in [3.8, 4) is 0 Å². The summed E-state index contributed by atoms with van der Waals surface area (Å²) in [6.07, 6.45) is 6.44. The SMILES string of the molecule is CN(C(N)=NCc1ccccc1N1CCCCC1)C1CC1.I. The van der Waals surface area contributed by atoms with E-state index in [1.54, 1.807) is 0 Å². The molecule has 1 aromatic carbocycles. The number of nitrogens with zero attached hydrogens (tertiary/aromatic N) is 3. The van der Waals surface area contributed by atoms with Crippen LogP contribution in [0.5, 0.6) is 0 Å². The molecule has 1 heterocycles. The lowest BCUT2D eigenvalue weighted by Gasteiger charge is -2.30. The highest BCUT2D eigenvalue weighted by molar-refractivity contribution is 14.0. The van der Waals surface area contributed by atoms with Gasteiger partial charge in [-0.1, -0.05) is 18.2 Å². The lowest BCUT2D eigenvalue weighted by molar-refractivity contribution is 0.487. The molecule has 1 aliphatic heterocycles. The van der Waals surface area contributed by atoms with Gasteiger partial charge in [0.05, 0.1) is 6.54 Å². The summed E-state index contributed by atoms with van der Waals surface area (Å²) in [4.78, 5) is 9.21. The molecule has 0 amide bonds. The second-order valence-electron chi connectivity index (χ2n) is 6.19. The van der Waals surface area contributed by atoms with Gasteiger partial charge in [-0.15, -0.1) is 24.0 Å². The van der Waals surface area contributed by atoms with Gasteiger partial charge in [0.15, 0.2) is 5.96 Å². The molecule has 22 heavy (non-hydrogen) atoms. The molecular weight excluding hydrogens is 387 g/mol. The number of hydrogen-bond acceptors (Lipinski definition) is 2. The van der Waals surface area contributed by atoms with E-state index in [2.05, 4.69) is 39.1 Å². The molecule has 0 aromatic heterocycles. The van der Waals surface area contributed by atoms with E-state index in [1.807, 2.05) is 7.05 Å². The molecule has 0 bridgehead atoms. The molecule has 3 rings (SSSR count). The summed E-state index contributed by atoms with van der Waals surface area (Å²) in [6, 6.07) is 9.23. The Hall–Kier alpha value is -0.980. The molecule has 2 aliphatic rings. The molecule has 0 atom stereocenters. The number of nitrogens with two attached hydrogens (primary N) is 1. The maximum atomic E-state index is 6.10. The molecule has 0 radical (unpaired) electrons. The molecule has 122 valence electrons. The Balaban J connectivity index is 0.00000176. The molecule has 2 fully saturated rings. The van der Waals surface area contributed by atoms with Crippen molar-refractivity contribution >= 4 is 35.6 Å². The van der Waals surface area contributed by atoms with E-state index in [0.717, 1.165) is 13.1 Å². The van der Waals surface area contributed by atoms with E-state index in [-0.39, 0.29) is 24.0 Å². The maximum Gasteiger partial charge on any atom is 0.191 e. The Kier molecular flexibility index (Phi) is 6.35. The zero-order chi connectivity index (χ0) is 14.7. The molecular formula is C17H27IN4. The van der Waals surface area contributed by atoms with Crippen molar-refractivity contribution in [3.05, 3.63) is 29.8 Å². The van der Waals surface area contributed by atoms with Crippen molar-refractivity contribution in [2.75, 3.05) is 25.0 Å². The first kappa shape index (κ1) is 17.4. The number of benzene rings is 1. The summed E-state index contributed by atoms with van der Waals surface area (Å²) in [7, 11) is 2.05. The van der Waals surface area contributed by atoms with Gasteiger partial charge in [-0.3, -0.25) is 0 Å². The third kappa shape index (κ3) is 4.27. The monoisotopic (exact) mass is 414 g/mol. The van der Waals surface area contributed by atoms with Gasteiger partial charge in [0.25, 0.3) is 0 Å². The number of aliphatic imine (C=N–C) groups is 1. The standard InChI is InChI=1S/C17H26N4.HI/c1-20(15-9-10-15)17(18)19-13-14-7-3-4-8-16(14)21-11-5-2-6-12-21;/h3-4,7-8,15H,2,5-6,9-13H2,1H3,(H2,18,19);1H. The molecule has 1 aliphatic carbocycles. The average Bonchev–Trinajstić information content (AvgIpc) is 3.38. The molecule has 2 N–H and O–H groups in total. The first-order valence-electron chi connectivity index (χ1n) is 8.11. The fraction of sp³-hybridized carbons (Fsp3) is 0.588. The molecule has 1 aromatic rings. The van der Waals surface area contributed by atoms with Crippen LogP contribution in [0.4, 0.5) is 5.69 Å². The van der Waals surface area contributed by atoms with Crippen LogP contribution in [0.1, 0.15) is 37.7 Å². The summed E-state index contributed by atoms with van der Waals surface area (Å²) >= 11 is 0. The third-order valence-corrected chi connectivity index (χ3v) is 4.56. The average molecular weight is 414 g/mol. The van der Waals surface area contributed by atoms with Crippen molar-refractivity contribution in [1.82, 2.24) is 4.90 Å². The number of rotatable bonds is 4. The molecule has 0 spiro atoms. The summed E-state index contributed by atoms with van der Waals surface area (Å²) < 4.78 is 0. The van der Waals surface area contributed by atoms with E-state index in [9.17, 15) is 0 Å². The van der Waals surface area contributed by atoms with Gasteiger partial charge in [-0.2, -0.15) is 0 Å². The lowest BCUT2D eigenvalue weighted by atomic mass is 10.1. The number of para-hydroxylation sites is 1. The second kappa shape index (κ2) is 8.04. The highest BCUT2D eigenvalue weighted by Gasteiger charge is 2.27. The Morgan fingerprint density at radius 3 is 2.59 bits per heavy atom. The van der Waals surface area contributed by atoms with E-state index in [1.165, 1.54) is 43.4 Å². The zero-order valence-corrected chi connectivity index (χ0v) is 15.7. The minimum Gasteiger partial charge on any atom is -0.371 e. The third-order valence-electron chi connectivity index (χ3n) is 4.56. The van der Waals surface area contributed by atoms with Crippen LogP contribution in [0.2, 0.25) is 0 Å².